The molecule has 0 aromatic heterocycles. The number of amides is 1. The van der Waals surface area contributed by atoms with Crippen molar-refractivity contribution in [2.75, 3.05) is 19.3 Å². The molecule has 1 rings (SSSR count). The number of thioether (sulfide) groups is 1. The number of carboxylic acid groups (broad SMARTS) is 1. The van der Waals surface area contributed by atoms with E-state index in [9.17, 15) is 14.7 Å². The molecule has 1 amide bonds. The number of aliphatic carboxylic acids is 1. The zero-order chi connectivity index (χ0) is 13.2. The Kier molecular flexibility index (Phi) is 4.47. The Hall–Kier alpha value is -0.710. The molecule has 5 heteroatoms. The van der Waals surface area contributed by atoms with Crippen molar-refractivity contribution < 1.29 is 14.7 Å². The predicted molar refractivity (Wildman–Crippen MR) is 69.1 cm³/mol. The van der Waals surface area contributed by atoms with Gasteiger partial charge in [-0.25, -0.2) is 0 Å². The Morgan fingerprint density at radius 2 is 1.94 bits per heavy atom. The Labute approximate surface area is 107 Å². The van der Waals surface area contributed by atoms with Crippen LogP contribution in [0.15, 0.2) is 0 Å². The molecule has 17 heavy (non-hydrogen) atoms. The van der Waals surface area contributed by atoms with Gasteiger partial charge in [0.05, 0.1) is 10.7 Å². The molecule has 1 fully saturated rings. The SMILES string of the molecule is CSC(C)C(=O)N1CCC(C(=O)O)(C(C)C)C1. The normalized spacial score (nSPS) is 26.3. The van der Waals surface area contributed by atoms with Crippen LogP contribution in [0, 0.1) is 11.3 Å². The quantitative estimate of drug-likeness (QED) is 0.835. The Morgan fingerprint density at radius 1 is 1.35 bits per heavy atom. The fraction of sp³-hybridized carbons (Fsp3) is 0.833. The average Bonchev–Trinajstić information content (AvgIpc) is 2.73. The molecule has 1 saturated heterocycles. The number of likely N-dealkylation sites (tertiary alicyclic amines) is 1. The summed E-state index contributed by atoms with van der Waals surface area (Å²) in [5, 5.41) is 9.30. The van der Waals surface area contributed by atoms with Gasteiger partial charge in [0.1, 0.15) is 0 Å². The van der Waals surface area contributed by atoms with Crippen molar-refractivity contribution in [3.05, 3.63) is 0 Å². The minimum atomic E-state index is -0.778. The van der Waals surface area contributed by atoms with E-state index < -0.39 is 11.4 Å². The smallest absolute Gasteiger partial charge is 0.311 e. The zero-order valence-corrected chi connectivity index (χ0v) is 11.7. The summed E-state index contributed by atoms with van der Waals surface area (Å²) in [5.74, 6) is -0.678. The van der Waals surface area contributed by atoms with Crippen molar-refractivity contribution >= 4 is 23.6 Å². The largest absolute Gasteiger partial charge is 0.481 e. The molecule has 2 atom stereocenters. The number of rotatable bonds is 4. The van der Waals surface area contributed by atoms with Crippen molar-refractivity contribution in [1.82, 2.24) is 4.90 Å². The van der Waals surface area contributed by atoms with Gasteiger partial charge in [0.2, 0.25) is 5.91 Å². The van der Waals surface area contributed by atoms with Crippen LogP contribution >= 0.6 is 11.8 Å². The van der Waals surface area contributed by atoms with Crippen LogP contribution in [0.5, 0.6) is 0 Å². The molecule has 2 unspecified atom stereocenters. The summed E-state index contributed by atoms with van der Waals surface area (Å²) in [6.45, 7) is 6.61. The van der Waals surface area contributed by atoms with Gasteiger partial charge in [-0.05, 0) is 25.5 Å². The zero-order valence-electron chi connectivity index (χ0n) is 10.9. The highest BCUT2D eigenvalue weighted by atomic mass is 32.2. The third-order valence-electron chi connectivity index (χ3n) is 3.84. The van der Waals surface area contributed by atoms with Gasteiger partial charge in [-0.15, -0.1) is 0 Å². The van der Waals surface area contributed by atoms with E-state index in [1.165, 1.54) is 11.8 Å². The number of carbonyl (C=O) groups excluding carboxylic acids is 1. The van der Waals surface area contributed by atoms with Crippen molar-refractivity contribution in [2.45, 2.75) is 32.4 Å². The molecule has 4 nitrogen and oxygen atoms in total. The standard InChI is InChI=1S/C12H21NO3S/c1-8(2)12(11(15)16)5-6-13(7-12)10(14)9(3)17-4/h8-9H,5-7H2,1-4H3,(H,15,16). The second-order valence-corrected chi connectivity index (χ2v) is 6.18. The molecule has 0 aromatic rings. The van der Waals surface area contributed by atoms with E-state index >= 15 is 0 Å². The van der Waals surface area contributed by atoms with Crippen LogP contribution in [0.4, 0.5) is 0 Å². The maximum Gasteiger partial charge on any atom is 0.311 e. The first-order chi connectivity index (χ1) is 7.85. The van der Waals surface area contributed by atoms with Crippen LogP contribution in [0.25, 0.3) is 0 Å². The average molecular weight is 259 g/mol. The van der Waals surface area contributed by atoms with Crippen LogP contribution < -0.4 is 0 Å². The summed E-state index contributed by atoms with van der Waals surface area (Å²) in [7, 11) is 0. The van der Waals surface area contributed by atoms with E-state index in [0.717, 1.165) is 0 Å². The topological polar surface area (TPSA) is 57.6 Å². The molecule has 98 valence electrons. The van der Waals surface area contributed by atoms with Gasteiger partial charge in [0.25, 0.3) is 0 Å². The molecule has 0 radical (unpaired) electrons. The first-order valence-electron chi connectivity index (χ1n) is 5.90. The van der Waals surface area contributed by atoms with Crippen molar-refractivity contribution in [2.24, 2.45) is 11.3 Å². The minimum absolute atomic E-state index is 0.0439. The molecule has 0 aliphatic carbocycles. The van der Waals surface area contributed by atoms with Gasteiger partial charge >= 0.3 is 5.97 Å². The van der Waals surface area contributed by atoms with Gasteiger partial charge in [-0.1, -0.05) is 13.8 Å². The molecule has 1 N–H and O–H groups in total. The maximum absolute atomic E-state index is 12.0. The van der Waals surface area contributed by atoms with E-state index in [1.807, 2.05) is 27.0 Å². The molecule has 1 aliphatic rings. The lowest BCUT2D eigenvalue weighted by molar-refractivity contribution is -0.151. The van der Waals surface area contributed by atoms with E-state index in [1.54, 1.807) is 4.90 Å². The molecule has 0 saturated carbocycles. The highest BCUT2D eigenvalue weighted by Crippen LogP contribution is 2.38. The summed E-state index contributed by atoms with van der Waals surface area (Å²) < 4.78 is 0. The second-order valence-electron chi connectivity index (χ2n) is 5.00. The third kappa shape index (κ3) is 2.59. The monoisotopic (exact) mass is 259 g/mol. The molecule has 0 bridgehead atoms. The first kappa shape index (κ1) is 14.4. The van der Waals surface area contributed by atoms with Crippen LogP contribution in [0.2, 0.25) is 0 Å². The van der Waals surface area contributed by atoms with Gasteiger partial charge in [-0.2, -0.15) is 11.8 Å². The molecule has 0 spiro atoms. The van der Waals surface area contributed by atoms with Gasteiger partial charge < -0.3 is 10.0 Å². The fourth-order valence-corrected chi connectivity index (χ4v) is 2.62. The van der Waals surface area contributed by atoms with Crippen molar-refractivity contribution in [3.63, 3.8) is 0 Å². The summed E-state index contributed by atoms with van der Waals surface area (Å²) >= 11 is 1.50. The summed E-state index contributed by atoms with van der Waals surface area (Å²) in [5.41, 5.74) is -0.756. The second kappa shape index (κ2) is 5.29. The number of hydrogen-bond donors (Lipinski definition) is 1. The Bertz CT molecular complexity index is 319. The predicted octanol–water partition coefficient (Wildman–Crippen LogP) is 1.70. The molecular weight excluding hydrogens is 238 g/mol. The lowest BCUT2D eigenvalue weighted by Gasteiger charge is -2.29. The number of hydrogen-bond acceptors (Lipinski definition) is 3. The van der Waals surface area contributed by atoms with Crippen LogP contribution in [-0.2, 0) is 9.59 Å². The highest BCUT2D eigenvalue weighted by Gasteiger charge is 2.48. The van der Waals surface area contributed by atoms with Crippen LogP contribution in [0.1, 0.15) is 27.2 Å². The summed E-state index contributed by atoms with van der Waals surface area (Å²) in [6.07, 6.45) is 2.46. The van der Waals surface area contributed by atoms with Crippen molar-refractivity contribution in [3.8, 4) is 0 Å². The van der Waals surface area contributed by atoms with E-state index in [2.05, 4.69) is 0 Å². The Balaban J connectivity index is 2.80. The van der Waals surface area contributed by atoms with E-state index in [-0.39, 0.29) is 17.1 Å². The summed E-state index contributed by atoms with van der Waals surface area (Å²) in [4.78, 5) is 25.2. The lowest BCUT2D eigenvalue weighted by Crippen LogP contribution is -2.42. The van der Waals surface area contributed by atoms with E-state index in [4.69, 9.17) is 0 Å². The van der Waals surface area contributed by atoms with E-state index in [0.29, 0.717) is 19.5 Å². The molecule has 1 heterocycles. The minimum Gasteiger partial charge on any atom is -0.481 e. The first-order valence-corrected chi connectivity index (χ1v) is 7.19. The van der Waals surface area contributed by atoms with Crippen molar-refractivity contribution in [1.29, 1.82) is 0 Å². The van der Waals surface area contributed by atoms with Gasteiger partial charge in [-0.3, -0.25) is 9.59 Å². The van der Waals surface area contributed by atoms with Crippen LogP contribution in [0.3, 0.4) is 0 Å². The molecule has 0 aromatic carbocycles. The number of nitrogens with zero attached hydrogens (tertiary/aromatic N) is 1. The highest BCUT2D eigenvalue weighted by molar-refractivity contribution is 7.99. The number of carboxylic acids is 1. The lowest BCUT2D eigenvalue weighted by atomic mass is 9.76. The Morgan fingerprint density at radius 3 is 2.29 bits per heavy atom. The fourth-order valence-electron chi connectivity index (χ4n) is 2.27. The van der Waals surface area contributed by atoms with Crippen LogP contribution in [-0.4, -0.2) is 46.5 Å². The third-order valence-corrected chi connectivity index (χ3v) is 4.75. The summed E-state index contributed by atoms with van der Waals surface area (Å²) in [6, 6.07) is 0. The molecule has 1 aliphatic heterocycles. The molecular formula is C12H21NO3S. The van der Waals surface area contributed by atoms with Gasteiger partial charge in [0, 0.05) is 13.1 Å². The number of carbonyl (C=O) groups is 2. The van der Waals surface area contributed by atoms with Gasteiger partial charge in [0.15, 0.2) is 0 Å². The maximum atomic E-state index is 12.0.